The van der Waals surface area contributed by atoms with Gasteiger partial charge in [-0.2, -0.15) is 0 Å². The van der Waals surface area contributed by atoms with Crippen molar-refractivity contribution in [1.29, 1.82) is 0 Å². The van der Waals surface area contributed by atoms with E-state index in [1.165, 1.54) is 32.1 Å². The van der Waals surface area contributed by atoms with Crippen molar-refractivity contribution in [2.75, 3.05) is 5.33 Å². The Balaban J connectivity index is 2.48. The molecule has 0 aromatic heterocycles. The quantitative estimate of drug-likeness (QED) is 0.486. The molecule has 1 aliphatic rings. The van der Waals surface area contributed by atoms with E-state index in [1.54, 1.807) is 0 Å². The molecule has 1 rings (SSSR count). The summed E-state index contributed by atoms with van der Waals surface area (Å²) in [6.45, 7) is 3.80. The fourth-order valence-corrected chi connectivity index (χ4v) is 2.61. The van der Waals surface area contributed by atoms with Crippen molar-refractivity contribution in [3.63, 3.8) is 0 Å². The lowest BCUT2D eigenvalue weighted by molar-refractivity contribution is 0.354. The first-order valence-corrected chi connectivity index (χ1v) is 5.12. The lowest BCUT2D eigenvalue weighted by Gasteiger charge is -2.24. The number of hydrogen-bond acceptors (Lipinski definition) is 0. The minimum absolute atomic E-state index is 0.585. The molecule has 1 heteroatoms. The zero-order valence-corrected chi connectivity index (χ0v) is 7.99. The van der Waals surface area contributed by atoms with Crippen LogP contribution in [-0.4, -0.2) is 5.33 Å². The number of allylic oxidation sites excluding steroid dienone is 1. The SMILES string of the molecule is C=CCC1(CBr)CCCC1. The van der Waals surface area contributed by atoms with Gasteiger partial charge < -0.3 is 0 Å². The van der Waals surface area contributed by atoms with Crippen LogP contribution in [0.4, 0.5) is 0 Å². The molecule has 1 aliphatic carbocycles. The molecule has 0 nitrogen and oxygen atoms in total. The van der Waals surface area contributed by atoms with Gasteiger partial charge in [-0.1, -0.05) is 34.8 Å². The Bertz CT molecular complexity index is 112. The van der Waals surface area contributed by atoms with E-state index < -0.39 is 0 Å². The molecular formula is C9H15Br. The Hall–Kier alpha value is 0.220. The third-order valence-corrected chi connectivity index (χ3v) is 3.71. The van der Waals surface area contributed by atoms with E-state index in [9.17, 15) is 0 Å². The van der Waals surface area contributed by atoms with Crippen molar-refractivity contribution in [2.45, 2.75) is 32.1 Å². The van der Waals surface area contributed by atoms with Gasteiger partial charge in [0.1, 0.15) is 0 Å². The van der Waals surface area contributed by atoms with Gasteiger partial charge in [0, 0.05) is 5.33 Å². The minimum Gasteiger partial charge on any atom is -0.103 e. The Morgan fingerprint density at radius 3 is 2.40 bits per heavy atom. The van der Waals surface area contributed by atoms with Crippen LogP contribution >= 0.6 is 15.9 Å². The molecule has 0 N–H and O–H groups in total. The smallest absolute Gasteiger partial charge is 0.00909 e. The lowest BCUT2D eigenvalue weighted by atomic mass is 9.85. The molecule has 10 heavy (non-hydrogen) atoms. The van der Waals surface area contributed by atoms with Crippen molar-refractivity contribution in [1.82, 2.24) is 0 Å². The van der Waals surface area contributed by atoms with Crippen LogP contribution in [-0.2, 0) is 0 Å². The topological polar surface area (TPSA) is 0 Å². The highest BCUT2D eigenvalue weighted by molar-refractivity contribution is 9.09. The highest BCUT2D eigenvalue weighted by Crippen LogP contribution is 2.42. The Labute approximate surface area is 71.8 Å². The summed E-state index contributed by atoms with van der Waals surface area (Å²) in [6.07, 6.45) is 8.87. The monoisotopic (exact) mass is 202 g/mol. The van der Waals surface area contributed by atoms with Crippen LogP contribution in [0.15, 0.2) is 12.7 Å². The zero-order valence-electron chi connectivity index (χ0n) is 6.41. The zero-order chi connectivity index (χ0) is 7.45. The van der Waals surface area contributed by atoms with Gasteiger partial charge in [0.2, 0.25) is 0 Å². The molecule has 58 valence electrons. The van der Waals surface area contributed by atoms with E-state index >= 15 is 0 Å². The molecule has 0 aliphatic heterocycles. The fourth-order valence-electron chi connectivity index (χ4n) is 1.82. The molecule has 1 saturated carbocycles. The van der Waals surface area contributed by atoms with Crippen LogP contribution in [0, 0.1) is 5.41 Å². The molecule has 0 saturated heterocycles. The first-order chi connectivity index (χ1) is 4.83. The lowest BCUT2D eigenvalue weighted by Crippen LogP contribution is -2.16. The van der Waals surface area contributed by atoms with Crippen LogP contribution in [0.2, 0.25) is 0 Å². The van der Waals surface area contributed by atoms with E-state index in [2.05, 4.69) is 28.6 Å². The summed E-state index contributed by atoms with van der Waals surface area (Å²) >= 11 is 3.59. The maximum Gasteiger partial charge on any atom is 0.00909 e. The van der Waals surface area contributed by atoms with E-state index in [1.807, 2.05) is 0 Å². The van der Waals surface area contributed by atoms with Crippen LogP contribution in [0.25, 0.3) is 0 Å². The van der Waals surface area contributed by atoms with Crippen LogP contribution in [0.5, 0.6) is 0 Å². The summed E-state index contributed by atoms with van der Waals surface area (Å²) in [5.41, 5.74) is 0.585. The largest absolute Gasteiger partial charge is 0.103 e. The maximum absolute atomic E-state index is 3.80. The number of rotatable bonds is 3. The molecule has 0 aromatic rings. The summed E-state index contributed by atoms with van der Waals surface area (Å²) in [5.74, 6) is 0. The average molecular weight is 203 g/mol. The third-order valence-electron chi connectivity index (χ3n) is 2.53. The Morgan fingerprint density at radius 1 is 1.40 bits per heavy atom. The molecule has 0 radical (unpaired) electrons. The van der Waals surface area contributed by atoms with Crippen molar-refractivity contribution >= 4 is 15.9 Å². The molecular weight excluding hydrogens is 188 g/mol. The standard InChI is InChI=1S/C9H15Br/c1-2-5-9(8-10)6-3-4-7-9/h2H,1,3-8H2. The predicted octanol–water partition coefficient (Wildman–Crippen LogP) is 3.52. The summed E-state index contributed by atoms with van der Waals surface area (Å²) in [7, 11) is 0. The van der Waals surface area contributed by atoms with Crippen molar-refractivity contribution < 1.29 is 0 Å². The van der Waals surface area contributed by atoms with Crippen molar-refractivity contribution in [3.05, 3.63) is 12.7 Å². The van der Waals surface area contributed by atoms with E-state index in [0.717, 1.165) is 5.33 Å². The van der Waals surface area contributed by atoms with Crippen LogP contribution in [0.3, 0.4) is 0 Å². The molecule has 0 aromatic carbocycles. The third kappa shape index (κ3) is 1.63. The van der Waals surface area contributed by atoms with Gasteiger partial charge in [-0.15, -0.1) is 6.58 Å². The second-order valence-electron chi connectivity index (χ2n) is 3.33. The average Bonchev–Trinajstić information content (AvgIpc) is 2.39. The van der Waals surface area contributed by atoms with Gasteiger partial charge in [-0.05, 0) is 24.7 Å². The molecule has 0 unspecified atom stereocenters. The predicted molar refractivity (Wildman–Crippen MR) is 49.5 cm³/mol. The number of halogens is 1. The van der Waals surface area contributed by atoms with Gasteiger partial charge in [-0.3, -0.25) is 0 Å². The Kier molecular flexibility index (Phi) is 2.96. The molecule has 0 amide bonds. The van der Waals surface area contributed by atoms with Gasteiger partial charge >= 0.3 is 0 Å². The van der Waals surface area contributed by atoms with Crippen molar-refractivity contribution in [3.8, 4) is 0 Å². The molecule has 0 atom stereocenters. The molecule has 0 spiro atoms. The van der Waals surface area contributed by atoms with Gasteiger partial charge in [-0.25, -0.2) is 0 Å². The van der Waals surface area contributed by atoms with Gasteiger partial charge in [0.15, 0.2) is 0 Å². The minimum atomic E-state index is 0.585. The second kappa shape index (κ2) is 3.56. The van der Waals surface area contributed by atoms with E-state index in [4.69, 9.17) is 0 Å². The first-order valence-electron chi connectivity index (χ1n) is 4.00. The van der Waals surface area contributed by atoms with Crippen molar-refractivity contribution in [2.24, 2.45) is 5.41 Å². The summed E-state index contributed by atoms with van der Waals surface area (Å²) < 4.78 is 0. The molecule has 0 bridgehead atoms. The number of hydrogen-bond donors (Lipinski definition) is 0. The summed E-state index contributed by atoms with van der Waals surface area (Å²) in [6, 6.07) is 0. The van der Waals surface area contributed by atoms with E-state index in [-0.39, 0.29) is 0 Å². The highest BCUT2D eigenvalue weighted by Gasteiger charge is 2.30. The maximum atomic E-state index is 3.80. The van der Waals surface area contributed by atoms with Gasteiger partial charge in [0.05, 0.1) is 0 Å². The first kappa shape index (κ1) is 8.32. The second-order valence-corrected chi connectivity index (χ2v) is 3.89. The summed E-state index contributed by atoms with van der Waals surface area (Å²) in [4.78, 5) is 0. The fraction of sp³-hybridized carbons (Fsp3) is 0.778. The van der Waals surface area contributed by atoms with E-state index in [0.29, 0.717) is 5.41 Å². The Morgan fingerprint density at radius 2 is 2.00 bits per heavy atom. The highest BCUT2D eigenvalue weighted by atomic mass is 79.9. The number of alkyl halides is 1. The van der Waals surface area contributed by atoms with Crippen LogP contribution < -0.4 is 0 Å². The summed E-state index contributed by atoms with van der Waals surface area (Å²) in [5, 5.41) is 1.16. The normalized spacial score (nSPS) is 22.9. The van der Waals surface area contributed by atoms with Gasteiger partial charge in [0.25, 0.3) is 0 Å². The molecule has 0 heterocycles. The molecule has 1 fully saturated rings. The van der Waals surface area contributed by atoms with Crippen LogP contribution in [0.1, 0.15) is 32.1 Å².